The van der Waals surface area contributed by atoms with Gasteiger partial charge in [0.15, 0.2) is 0 Å². The minimum absolute atomic E-state index is 0.199. The van der Waals surface area contributed by atoms with Crippen LogP contribution in [0.5, 0.6) is 0 Å². The van der Waals surface area contributed by atoms with Crippen molar-refractivity contribution < 1.29 is 4.79 Å². The molecule has 1 amide bonds. The van der Waals surface area contributed by atoms with Crippen molar-refractivity contribution in [1.82, 2.24) is 14.9 Å². The van der Waals surface area contributed by atoms with Crippen molar-refractivity contribution in [2.24, 2.45) is 12.8 Å². The molecule has 0 radical (unpaired) electrons. The number of nitrogens with zero attached hydrogens (tertiary/aromatic N) is 2. The average Bonchev–Trinajstić information content (AvgIpc) is 2.65. The summed E-state index contributed by atoms with van der Waals surface area (Å²) < 4.78 is 1.75. The van der Waals surface area contributed by atoms with Crippen molar-refractivity contribution >= 4 is 23.1 Å². The first-order valence-electron chi connectivity index (χ1n) is 6.64. The van der Waals surface area contributed by atoms with Crippen molar-refractivity contribution in [2.75, 3.05) is 0 Å². The van der Waals surface area contributed by atoms with Crippen molar-refractivity contribution in [2.45, 2.75) is 44.1 Å². The Morgan fingerprint density at radius 3 is 2.53 bits per heavy atom. The van der Waals surface area contributed by atoms with E-state index < -0.39 is 5.54 Å². The van der Waals surface area contributed by atoms with Crippen molar-refractivity contribution in [3.63, 3.8) is 0 Å². The summed E-state index contributed by atoms with van der Waals surface area (Å²) in [4.78, 5) is 16.7. The highest BCUT2D eigenvalue weighted by Gasteiger charge is 2.36. The molecule has 0 spiro atoms. The molecule has 0 unspecified atom stereocenters. The van der Waals surface area contributed by atoms with Crippen LogP contribution in [0.15, 0.2) is 12.5 Å². The molecule has 1 aliphatic carbocycles. The lowest BCUT2D eigenvalue weighted by Crippen LogP contribution is -2.56. The van der Waals surface area contributed by atoms with E-state index in [1.807, 2.05) is 7.05 Å². The molecule has 0 atom stereocenters. The molecule has 0 saturated heterocycles. The van der Waals surface area contributed by atoms with Gasteiger partial charge in [-0.3, -0.25) is 4.79 Å². The largest absolute Gasteiger partial charge is 0.391 e. The fourth-order valence-corrected chi connectivity index (χ4v) is 2.83. The number of imidazole rings is 1. The summed E-state index contributed by atoms with van der Waals surface area (Å²) in [5, 5.41) is 3.02. The van der Waals surface area contributed by atoms with Crippen molar-refractivity contribution in [3.8, 4) is 0 Å². The highest BCUT2D eigenvalue weighted by atomic mass is 32.1. The molecule has 1 aromatic rings. The maximum atomic E-state index is 12.2. The number of carbonyl (C=O) groups is 1. The van der Waals surface area contributed by atoms with E-state index in [4.69, 9.17) is 18.0 Å². The Balaban J connectivity index is 2.16. The van der Waals surface area contributed by atoms with Gasteiger partial charge in [0, 0.05) is 13.2 Å². The molecular formula is C13H20N4OS. The predicted octanol–water partition coefficient (Wildman–Crippen LogP) is 1.53. The third kappa shape index (κ3) is 3.12. The second-order valence-corrected chi connectivity index (χ2v) is 5.68. The van der Waals surface area contributed by atoms with Gasteiger partial charge in [0.05, 0.1) is 16.9 Å². The van der Waals surface area contributed by atoms with E-state index in [1.165, 1.54) is 12.8 Å². The van der Waals surface area contributed by atoms with E-state index >= 15 is 0 Å². The number of nitrogens with one attached hydrogen (secondary N) is 1. The zero-order chi connectivity index (χ0) is 13.9. The number of aromatic nitrogens is 2. The zero-order valence-electron chi connectivity index (χ0n) is 11.2. The van der Waals surface area contributed by atoms with E-state index in [9.17, 15) is 4.79 Å². The molecule has 3 N–H and O–H groups in total. The van der Waals surface area contributed by atoms with Gasteiger partial charge in [-0.05, 0) is 12.8 Å². The molecule has 1 saturated carbocycles. The van der Waals surface area contributed by atoms with Crippen LogP contribution in [0, 0.1) is 0 Å². The number of thiocarbonyl (C=S) groups is 1. The van der Waals surface area contributed by atoms with Gasteiger partial charge in [-0.1, -0.05) is 37.9 Å². The summed E-state index contributed by atoms with van der Waals surface area (Å²) in [5.74, 6) is -0.199. The second-order valence-electron chi connectivity index (χ2n) is 5.24. The fraction of sp³-hybridized carbons (Fsp3) is 0.615. The smallest absolute Gasteiger partial charge is 0.272 e. The van der Waals surface area contributed by atoms with Gasteiger partial charge in [0.1, 0.15) is 5.69 Å². The normalized spacial score (nSPS) is 18.6. The number of rotatable bonds is 3. The fourth-order valence-electron chi connectivity index (χ4n) is 2.58. The van der Waals surface area contributed by atoms with E-state index in [0.29, 0.717) is 10.7 Å². The van der Waals surface area contributed by atoms with E-state index in [-0.39, 0.29) is 5.91 Å². The summed E-state index contributed by atoms with van der Waals surface area (Å²) in [6.07, 6.45) is 9.36. The molecule has 1 heterocycles. The molecule has 5 nitrogen and oxygen atoms in total. The number of hydrogen-bond donors (Lipinski definition) is 2. The van der Waals surface area contributed by atoms with Crippen LogP contribution in [0.3, 0.4) is 0 Å². The van der Waals surface area contributed by atoms with Gasteiger partial charge in [-0.25, -0.2) is 4.98 Å². The van der Waals surface area contributed by atoms with Crippen LogP contribution in [0.4, 0.5) is 0 Å². The Labute approximate surface area is 118 Å². The summed E-state index contributed by atoms with van der Waals surface area (Å²) in [7, 11) is 1.83. The Hall–Kier alpha value is -1.43. The van der Waals surface area contributed by atoms with Gasteiger partial charge in [-0.15, -0.1) is 0 Å². The summed E-state index contributed by atoms with van der Waals surface area (Å²) in [6, 6.07) is 0. The van der Waals surface area contributed by atoms with Gasteiger partial charge < -0.3 is 15.6 Å². The molecule has 104 valence electrons. The highest BCUT2D eigenvalue weighted by Crippen LogP contribution is 2.27. The van der Waals surface area contributed by atoms with E-state index in [0.717, 1.165) is 25.7 Å². The van der Waals surface area contributed by atoms with Crippen LogP contribution >= 0.6 is 12.2 Å². The molecule has 0 bridgehead atoms. The highest BCUT2D eigenvalue weighted by molar-refractivity contribution is 7.80. The van der Waals surface area contributed by atoms with Crippen LogP contribution in [0.1, 0.15) is 49.0 Å². The maximum absolute atomic E-state index is 12.2. The first-order valence-corrected chi connectivity index (χ1v) is 7.05. The minimum Gasteiger partial charge on any atom is -0.391 e. The molecule has 1 aliphatic rings. The Morgan fingerprint density at radius 1 is 1.42 bits per heavy atom. The molecular weight excluding hydrogens is 260 g/mol. The SMILES string of the molecule is Cn1cnc(C(=O)NC2(C(N)=S)CCCCCC2)c1. The Kier molecular flexibility index (Phi) is 4.19. The quantitative estimate of drug-likeness (QED) is 0.650. The number of aryl methyl sites for hydroxylation is 1. The third-order valence-electron chi connectivity index (χ3n) is 3.72. The first kappa shape index (κ1) is 14.0. The van der Waals surface area contributed by atoms with Gasteiger partial charge in [-0.2, -0.15) is 0 Å². The Morgan fingerprint density at radius 2 is 2.05 bits per heavy atom. The maximum Gasteiger partial charge on any atom is 0.272 e. The standard InChI is InChI=1S/C13H20N4OS/c1-17-8-10(15-9-17)11(18)16-13(12(14)19)6-4-2-3-5-7-13/h8-9H,2-7H2,1H3,(H2,14,19)(H,16,18). The van der Waals surface area contributed by atoms with Crippen LogP contribution < -0.4 is 11.1 Å². The second kappa shape index (κ2) is 5.69. The average molecular weight is 280 g/mol. The molecule has 6 heteroatoms. The number of amides is 1. The lowest BCUT2D eigenvalue weighted by Gasteiger charge is -2.32. The summed E-state index contributed by atoms with van der Waals surface area (Å²) in [6.45, 7) is 0. The Bertz CT molecular complexity index is 475. The molecule has 19 heavy (non-hydrogen) atoms. The lowest BCUT2D eigenvalue weighted by molar-refractivity contribution is 0.0912. The van der Waals surface area contributed by atoms with Crippen molar-refractivity contribution in [3.05, 3.63) is 18.2 Å². The van der Waals surface area contributed by atoms with Gasteiger partial charge in [0.2, 0.25) is 0 Å². The molecule has 0 aromatic carbocycles. The topological polar surface area (TPSA) is 72.9 Å². The van der Waals surface area contributed by atoms with Gasteiger partial charge >= 0.3 is 0 Å². The summed E-state index contributed by atoms with van der Waals surface area (Å²) >= 11 is 5.20. The molecule has 2 rings (SSSR count). The van der Waals surface area contributed by atoms with Crippen LogP contribution in [-0.4, -0.2) is 26.0 Å². The number of hydrogen-bond acceptors (Lipinski definition) is 3. The van der Waals surface area contributed by atoms with Crippen molar-refractivity contribution in [1.29, 1.82) is 0 Å². The van der Waals surface area contributed by atoms with Gasteiger partial charge in [0.25, 0.3) is 5.91 Å². The van der Waals surface area contributed by atoms with E-state index in [1.54, 1.807) is 17.1 Å². The molecule has 1 aromatic heterocycles. The number of carbonyl (C=O) groups excluding carboxylic acids is 1. The molecule has 0 aliphatic heterocycles. The van der Waals surface area contributed by atoms with Crippen LogP contribution in [0.25, 0.3) is 0 Å². The zero-order valence-corrected chi connectivity index (χ0v) is 12.0. The number of nitrogens with two attached hydrogens (primary N) is 1. The monoisotopic (exact) mass is 280 g/mol. The predicted molar refractivity (Wildman–Crippen MR) is 77.9 cm³/mol. The van der Waals surface area contributed by atoms with Crippen LogP contribution in [-0.2, 0) is 7.05 Å². The summed E-state index contributed by atoms with van der Waals surface area (Å²) in [5.41, 5.74) is 5.76. The van der Waals surface area contributed by atoms with Crippen LogP contribution in [0.2, 0.25) is 0 Å². The van der Waals surface area contributed by atoms with E-state index in [2.05, 4.69) is 10.3 Å². The first-order chi connectivity index (χ1) is 9.03. The lowest BCUT2D eigenvalue weighted by atomic mass is 9.90. The molecule has 1 fully saturated rings. The minimum atomic E-state index is -0.541. The third-order valence-corrected chi connectivity index (χ3v) is 4.11.